The summed E-state index contributed by atoms with van der Waals surface area (Å²) in [4.78, 5) is 41.1. The number of aromatic carboxylic acids is 1. The zero-order valence-corrected chi connectivity index (χ0v) is 18.3. The van der Waals surface area contributed by atoms with E-state index in [1.54, 1.807) is 50.4 Å². The van der Waals surface area contributed by atoms with Crippen LogP contribution in [0.1, 0.15) is 21.5 Å². The number of aliphatic carboxylic acids is 1. The van der Waals surface area contributed by atoms with Gasteiger partial charge in [-0.15, -0.1) is 0 Å². The molecule has 0 bridgehead atoms. The monoisotopic (exact) mass is 456 g/mol. The molecular formula is C22H20N2O7S. The van der Waals surface area contributed by atoms with Crippen molar-refractivity contribution >= 4 is 46.5 Å². The third-order valence-electron chi connectivity index (χ3n) is 4.59. The molecule has 32 heavy (non-hydrogen) atoms. The topological polar surface area (TPSA) is 126 Å². The summed E-state index contributed by atoms with van der Waals surface area (Å²) in [5.74, 6) is -1.80. The Labute approximate surface area is 188 Å². The maximum atomic E-state index is 12.7. The summed E-state index contributed by atoms with van der Waals surface area (Å²) in [5.41, 5.74) is 1.78. The predicted molar refractivity (Wildman–Crippen MR) is 120 cm³/mol. The van der Waals surface area contributed by atoms with E-state index in [1.807, 2.05) is 0 Å². The quantitative estimate of drug-likeness (QED) is 0.607. The molecule has 10 heteroatoms. The number of carboxylic acids is 2. The number of carbonyl (C=O) groups excluding carboxylic acids is 1. The average molecular weight is 456 g/mol. The molecule has 1 heterocycles. The van der Waals surface area contributed by atoms with Gasteiger partial charge in [-0.2, -0.15) is 0 Å². The molecule has 0 radical (unpaired) electrons. The van der Waals surface area contributed by atoms with Crippen molar-refractivity contribution in [2.24, 2.45) is 4.99 Å². The summed E-state index contributed by atoms with van der Waals surface area (Å²) in [6, 6.07) is 9.67. The molecule has 1 fully saturated rings. The molecule has 2 aromatic rings. The molecule has 1 aliphatic rings. The Hall–Kier alpha value is -3.79. The van der Waals surface area contributed by atoms with Gasteiger partial charge in [-0.3, -0.25) is 9.69 Å². The largest absolute Gasteiger partial charge is 0.493 e. The smallest absolute Gasteiger partial charge is 0.341 e. The highest BCUT2D eigenvalue weighted by atomic mass is 32.2. The van der Waals surface area contributed by atoms with E-state index < -0.39 is 18.5 Å². The summed E-state index contributed by atoms with van der Waals surface area (Å²) in [5, 5.41) is 18.5. The number of likely N-dealkylation sites (N-methyl/N-ethyl adjacent to an activating group) is 1. The number of amides is 1. The Morgan fingerprint density at radius 2 is 1.94 bits per heavy atom. The molecule has 3 rings (SSSR count). The molecule has 1 amide bonds. The van der Waals surface area contributed by atoms with Gasteiger partial charge in [0.2, 0.25) is 0 Å². The molecule has 0 aliphatic carbocycles. The van der Waals surface area contributed by atoms with Gasteiger partial charge in [-0.1, -0.05) is 12.1 Å². The second kappa shape index (κ2) is 9.56. The molecule has 0 aromatic heterocycles. The van der Waals surface area contributed by atoms with Crippen LogP contribution in [0.25, 0.3) is 6.08 Å². The summed E-state index contributed by atoms with van der Waals surface area (Å²) >= 11 is 1.16. The summed E-state index contributed by atoms with van der Waals surface area (Å²) in [7, 11) is 3.02. The number of hydrogen-bond donors (Lipinski definition) is 2. The van der Waals surface area contributed by atoms with E-state index in [0.29, 0.717) is 32.6 Å². The van der Waals surface area contributed by atoms with E-state index in [4.69, 9.17) is 14.6 Å². The highest BCUT2D eigenvalue weighted by Gasteiger charge is 2.30. The predicted octanol–water partition coefficient (Wildman–Crippen LogP) is 3.40. The molecule has 0 spiro atoms. The van der Waals surface area contributed by atoms with Gasteiger partial charge in [0.1, 0.15) is 0 Å². The number of carboxylic acid groups (broad SMARTS) is 2. The number of aliphatic imine (C=N–C) groups is 1. The second-order valence-electron chi connectivity index (χ2n) is 6.72. The van der Waals surface area contributed by atoms with Crippen molar-refractivity contribution in [1.29, 1.82) is 0 Å². The van der Waals surface area contributed by atoms with Crippen LogP contribution in [0.15, 0.2) is 46.3 Å². The third kappa shape index (κ3) is 4.92. The number of amidine groups is 1. The summed E-state index contributed by atoms with van der Waals surface area (Å²) in [6.45, 7) is 1.17. The first-order valence-corrected chi connectivity index (χ1v) is 10.1. The number of benzene rings is 2. The Morgan fingerprint density at radius 1 is 1.19 bits per heavy atom. The van der Waals surface area contributed by atoms with Crippen molar-refractivity contribution < 1.29 is 34.1 Å². The zero-order chi connectivity index (χ0) is 23.4. The molecule has 1 saturated heterocycles. The van der Waals surface area contributed by atoms with Crippen LogP contribution < -0.4 is 9.47 Å². The van der Waals surface area contributed by atoms with Gasteiger partial charge in [0, 0.05) is 7.05 Å². The Bertz CT molecular complexity index is 1160. The fourth-order valence-corrected chi connectivity index (χ4v) is 3.89. The van der Waals surface area contributed by atoms with E-state index in [1.165, 1.54) is 18.1 Å². The average Bonchev–Trinajstić information content (AvgIpc) is 3.01. The van der Waals surface area contributed by atoms with Crippen LogP contribution in [0.4, 0.5) is 5.69 Å². The number of thioether (sulfide) groups is 1. The van der Waals surface area contributed by atoms with E-state index in [-0.39, 0.29) is 17.2 Å². The molecule has 0 atom stereocenters. The molecule has 1 aliphatic heterocycles. The van der Waals surface area contributed by atoms with Crippen molar-refractivity contribution in [3.63, 3.8) is 0 Å². The number of rotatable bonds is 7. The Kier molecular flexibility index (Phi) is 6.84. The van der Waals surface area contributed by atoms with Crippen LogP contribution in [0.3, 0.4) is 0 Å². The lowest BCUT2D eigenvalue weighted by Gasteiger charge is -2.10. The molecule has 0 unspecified atom stereocenters. The summed E-state index contributed by atoms with van der Waals surface area (Å²) in [6.07, 6.45) is 1.66. The number of hydrogen-bond acceptors (Lipinski definition) is 7. The maximum absolute atomic E-state index is 12.7. The minimum Gasteiger partial charge on any atom is -0.493 e. The van der Waals surface area contributed by atoms with Crippen molar-refractivity contribution in [2.75, 3.05) is 20.8 Å². The van der Waals surface area contributed by atoms with Crippen molar-refractivity contribution in [3.8, 4) is 11.5 Å². The van der Waals surface area contributed by atoms with Gasteiger partial charge in [-0.25, -0.2) is 14.6 Å². The lowest BCUT2D eigenvalue weighted by atomic mass is 10.1. The van der Waals surface area contributed by atoms with Gasteiger partial charge in [0.05, 0.1) is 23.3 Å². The van der Waals surface area contributed by atoms with E-state index in [2.05, 4.69) is 4.99 Å². The van der Waals surface area contributed by atoms with Crippen LogP contribution in [0.5, 0.6) is 11.5 Å². The van der Waals surface area contributed by atoms with Crippen LogP contribution in [-0.2, 0) is 9.59 Å². The molecule has 2 aromatic carbocycles. The van der Waals surface area contributed by atoms with E-state index in [9.17, 15) is 19.5 Å². The lowest BCUT2D eigenvalue weighted by molar-refractivity contribution is -0.139. The first-order valence-electron chi connectivity index (χ1n) is 9.33. The molecular weight excluding hydrogens is 436 g/mol. The van der Waals surface area contributed by atoms with Gasteiger partial charge >= 0.3 is 11.9 Å². The standard InChI is InChI=1S/C22H20N2O7S/c1-12-14(21(28)29)5-4-6-15(12)23-22-24(2)20(27)18(32-22)10-13-7-8-16(17(9-13)30-3)31-11-19(25)26/h4-10H,11H2,1-3H3,(H,25,26)(H,28,29)/b18-10-,23-22?. The van der Waals surface area contributed by atoms with Crippen LogP contribution >= 0.6 is 11.8 Å². The molecule has 166 valence electrons. The fourth-order valence-electron chi connectivity index (χ4n) is 2.92. The number of ether oxygens (including phenoxy) is 2. The molecule has 0 saturated carbocycles. The minimum atomic E-state index is -1.11. The van der Waals surface area contributed by atoms with Crippen LogP contribution in [-0.4, -0.2) is 58.9 Å². The minimum absolute atomic E-state index is 0.150. The van der Waals surface area contributed by atoms with Crippen molar-refractivity contribution in [1.82, 2.24) is 4.90 Å². The van der Waals surface area contributed by atoms with Crippen LogP contribution in [0.2, 0.25) is 0 Å². The number of carbonyl (C=O) groups is 3. The Balaban J connectivity index is 1.89. The number of methoxy groups -OCH3 is 1. The molecule has 9 nitrogen and oxygen atoms in total. The maximum Gasteiger partial charge on any atom is 0.341 e. The fraction of sp³-hybridized carbons (Fsp3) is 0.182. The zero-order valence-electron chi connectivity index (χ0n) is 17.5. The highest BCUT2D eigenvalue weighted by molar-refractivity contribution is 8.18. The first-order chi connectivity index (χ1) is 15.2. The van der Waals surface area contributed by atoms with Crippen LogP contribution in [0, 0.1) is 6.92 Å². The van der Waals surface area contributed by atoms with E-state index in [0.717, 1.165) is 11.8 Å². The van der Waals surface area contributed by atoms with E-state index >= 15 is 0 Å². The van der Waals surface area contributed by atoms with Crippen molar-refractivity contribution in [2.45, 2.75) is 6.92 Å². The Morgan fingerprint density at radius 3 is 2.59 bits per heavy atom. The van der Waals surface area contributed by atoms with Crippen molar-refractivity contribution in [3.05, 3.63) is 58.0 Å². The number of nitrogens with zero attached hydrogens (tertiary/aromatic N) is 2. The second-order valence-corrected chi connectivity index (χ2v) is 7.73. The third-order valence-corrected chi connectivity index (χ3v) is 5.65. The lowest BCUT2D eigenvalue weighted by Crippen LogP contribution is -2.23. The van der Waals surface area contributed by atoms with Gasteiger partial charge < -0.3 is 19.7 Å². The highest BCUT2D eigenvalue weighted by Crippen LogP contribution is 2.36. The molecule has 2 N–H and O–H groups in total. The SMILES string of the molecule is COc1cc(/C=C2\SC(=Nc3cccc(C(=O)O)c3C)N(C)C2=O)ccc1OCC(=O)O. The summed E-state index contributed by atoms with van der Waals surface area (Å²) < 4.78 is 10.4. The van der Waals surface area contributed by atoms with Gasteiger partial charge in [0.15, 0.2) is 23.3 Å². The van der Waals surface area contributed by atoms with Gasteiger partial charge in [0.25, 0.3) is 5.91 Å². The first kappa shape index (κ1) is 22.9. The normalized spacial score (nSPS) is 16.0. The van der Waals surface area contributed by atoms with Gasteiger partial charge in [-0.05, 0) is 60.2 Å².